The fourth-order valence-corrected chi connectivity index (χ4v) is 3.15. The highest BCUT2D eigenvalue weighted by Crippen LogP contribution is 2.29. The van der Waals surface area contributed by atoms with Crippen molar-refractivity contribution >= 4 is 34.4 Å². The molecule has 29 heavy (non-hydrogen) atoms. The topological polar surface area (TPSA) is 77.5 Å². The molecule has 1 amide bonds. The minimum atomic E-state index is -0.508. The number of carbonyl (C=O) groups is 2. The Morgan fingerprint density at radius 1 is 1.10 bits per heavy atom. The summed E-state index contributed by atoms with van der Waals surface area (Å²) in [5.74, 6) is -0.278. The minimum absolute atomic E-state index is 0.0367. The SMILES string of the molecule is CCOC(=O)CC(NC(=O)COc1ccc(Cl)c2cccnc12)c1ccccc1. The Kier molecular flexibility index (Phi) is 7.03. The maximum absolute atomic E-state index is 12.5. The molecule has 0 aliphatic heterocycles. The number of benzene rings is 2. The van der Waals surface area contributed by atoms with E-state index in [9.17, 15) is 9.59 Å². The van der Waals surface area contributed by atoms with E-state index in [1.807, 2.05) is 36.4 Å². The van der Waals surface area contributed by atoms with Gasteiger partial charge in [-0.15, -0.1) is 0 Å². The summed E-state index contributed by atoms with van der Waals surface area (Å²) in [7, 11) is 0. The van der Waals surface area contributed by atoms with Crippen LogP contribution in [0.3, 0.4) is 0 Å². The van der Waals surface area contributed by atoms with E-state index in [0.29, 0.717) is 16.3 Å². The van der Waals surface area contributed by atoms with Gasteiger partial charge in [0.25, 0.3) is 5.91 Å². The molecule has 150 valence electrons. The monoisotopic (exact) mass is 412 g/mol. The largest absolute Gasteiger partial charge is 0.481 e. The Morgan fingerprint density at radius 3 is 2.66 bits per heavy atom. The molecule has 6 nitrogen and oxygen atoms in total. The van der Waals surface area contributed by atoms with E-state index >= 15 is 0 Å². The van der Waals surface area contributed by atoms with Crippen molar-refractivity contribution in [1.29, 1.82) is 0 Å². The number of amides is 1. The van der Waals surface area contributed by atoms with Gasteiger partial charge < -0.3 is 14.8 Å². The van der Waals surface area contributed by atoms with Crippen molar-refractivity contribution < 1.29 is 19.1 Å². The third-order valence-corrected chi connectivity index (χ3v) is 4.58. The Morgan fingerprint density at radius 2 is 1.90 bits per heavy atom. The minimum Gasteiger partial charge on any atom is -0.481 e. The molecule has 0 fully saturated rings. The van der Waals surface area contributed by atoms with Crippen LogP contribution in [-0.4, -0.2) is 30.1 Å². The molecular formula is C22H21ClN2O4. The number of ether oxygens (including phenoxy) is 2. The van der Waals surface area contributed by atoms with E-state index in [-0.39, 0.29) is 31.5 Å². The van der Waals surface area contributed by atoms with Gasteiger partial charge in [0.2, 0.25) is 0 Å². The molecule has 0 aliphatic carbocycles. The van der Waals surface area contributed by atoms with Crippen LogP contribution in [0.4, 0.5) is 0 Å². The smallest absolute Gasteiger partial charge is 0.308 e. The Hall–Kier alpha value is -3.12. The van der Waals surface area contributed by atoms with E-state index in [1.165, 1.54) is 0 Å². The summed E-state index contributed by atoms with van der Waals surface area (Å²) in [6.07, 6.45) is 1.67. The number of nitrogens with one attached hydrogen (secondary N) is 1. The predicted molar refractivity (Wildman–Crippen MR) is 111 cm³/mol. The lowest BCUT2D eigenvalue weighted by Gasteiger charge is -2.19. The van der Waals surface area contributed by atoms with E-state index in [4.69, 9.17) is 21.1 Å². The maximum atomic E-state index is 12.5. The van der Waals surface area contributed by atoms with Crippen molar-refractivity contribution in [1.82, 2.24) is 10.3 Å². The van der Waals surface area contributed by atoms with Crippen LogP contribution in [0.2, 0.25) is 5.02 Å². The van der Waals surface area contributed by atoms with Gasteiger partial charge in [-0.1, -0.05) is 41.9 Å². The molecule has 1 N–H and O–H groups in total. The molecule has 1 aromatic heterocycles. The molecule has 1 unspecified atom stereocenters. The summed E-state index contributed by atoms with van der Waals surface area (Å²) in [5, 5.41) is 4.15. The third-order valence-electron chi connectivity index (χ3n) is 4.25. The van der Waals surface area contributed by atoms with Gasteiger partial charge >= 0.3 is 5.97 Å². The van der Waals surface area contributed by atoms with Crippen molar-refractivity contribution in [3.63, 3.8) is 0 Å². The van der Waals surface area contributed by atoms with Crippen LogP contribution in [0.15, 0.2) is 60.8 Å². The van der Waals surface area contributed by atoms with Crippen molar-refractivity contribution in [3.8, 4) is 5.75 Å². The summed E-state index contributed by atoms with van der Waals surface area (Å²) in [5.41, 5.74) is 1.39. The standard InChI is InChI=1S/C22H21ClN2O4/c1-2-28-21(27)13-18(15-7-4-3-5-8-15)25-20(26)14-29-19-11-10-17(23)16-9-6-12-24-22(16)19/h3-12,18H,2,13-14H2,1H3,(H,25,26). The molecule has 2 aromatic carbocycles. The Labute approximate surface area is 173 Å². The van der Waals surface area contributed by atoms with Crippen molar-refractivity contribution in [2.24, 2.45) is 0 Å². The van der Waals surface area contributed by atoms with E-state index in [1.54, 1.807) is 31.3 Å². The first-order chi connectivity index (χ1) is 14.1. The molecule has 3 aromatic rings. The van der Waals surface area contributed by atoms with Crippen molar-refractivity contribution in [2.75, 3.05) is 13.2 Å². The number of hydrogen-bond acceptors (Lipinski definition) is 5. The summed E-state index contributed by atoms with van der Waals surface area (Å²) in [6.45, 7) is 1.81. The highest BCUT2D eigenvalue weighted by atomic mass is 35.5. The molecule has 7 heteroatoms. The summed E-state index contributed by atoms with van der Waals surface area (Å²) >= 11 is 6.18. The zero-order valence-electron chi connectivity index (χ0n) is 15.9. The van der Waals surface area contributed by atoms with Crippen molar-refractivity contribution in [2.45, 2.75) is 19.4 Å². The molecule has 0 spiro atoms. The molecular weight excluding hydrogens is 392 g/mol. The first-order valence-corrected chi connectivity index (χ1v) is 9.62. The van der Waals surface area contributed by atoms with Gasteiger partial charge in [-0.2, -0.15) is 0 Å². The fraction of sp³-hybridized carbons (Fsp3) is 0.227. The van der Waals surface area contributed by atoms with Gasteiger partial charge in [0.05, 0.1) is 24.1 Å². The molecule has 3 rings (SSSR count). The molecule has 0 bridgehead atoms. The Balaban J connectivity index is 1.69. The fourth-order valence-electron chi connectivity index (χ4n) is 2.93. The summed E-state index contributed by atoms with van der Waals surface area (Å²) in [4.78, 5) is 28.7. The van der Waals surface area contributed by atoms with Gasteiger partial charge in [0.1, 0.15) is 11.3 Å². The first kappa shape index (κ1) is 20.6. The number of halogens is 1. The normalized spacial score (nSPS) is 11.7. The summed E-state index contributed by atoms with van der Waals surface area (Å²) < 4.78 is 10.7. The lowest BCUT2D eigenvalue weighted by Crippen LogP contribution is -2.34. The van der Waals surface area contributed by atoms with Gasteiger partial charge in [0.15, 0.2) is 6.61 Å². The van der Waals surface area contributed by atoms with Crippen LogP contribution in [0.1, 0.15) is 24.9 Å². The summed E-state index contributed by atoms with van der Waals surface area (Å²) in [6, 6.07) is 15.8. The Bertz CT molecular complexity index is 995. The van der Waals surface area contributed by atoms with Crippen LogP contribution >= 0.6 is 11.6 Å². The van der Waals surface area contributed by atoms with Crippen LogP contribution in [0.5, 0.6) is 5.75 Å². The average Bonchev–Trinajstić information content (AvgIpc) is 2.74. The van der Waals surface area contributed by atoms with Crippen LogP contribution in [0, 0.1) is 0 Å². The zero-order chi connectivity index (χ0) is 20.6. The predicted octanol–water partition coefficient (Wildman–Crippen LogP) is 4.08. The first-order valence-electron chi connectivity index (χ1n) is 9.24. The molecule has 1 heterocycles. The van der Waals surface area contributed by atoms with E-state index in [0.717, 1.165) is 10.9 Å². The van der Waals surface area contributed by atoms with Gasteiger partial charge in [-0.05, 0) is 36.8 Å². The van der Waals surface area contributed by atoms with Gasteiger partial charge in [-0.25, -0.2) is 0 Å². The number of rotatable bonds is 8. The second kappa shape index (κ2) is 9.89. The lowest BCUT2D eigenvalue weighted by molar-refractivity contribution is -0.143. The molecule has 0 aliphatic rings. The van der Waals surface area contributed by atoms with Gasteiger partial charge in [0, 0.05) is 11.6 Å². The number of hydrogen-bond donors (Lipinski definition) is 1. The second-order valence-electron chi connectivity index (χ2n) is 6.27. The number of esters is 1. The number of carbonyl (C=O) groups excluding carboxylic acids is 2. The van der Waals surface area contributed by atoms with E-state index in [2.05, 4.69) is 10.3 Å². The van der Waals surface area contributed by atoms with Crippen LogP contribution in [0.25, 0.3) is 10.9 Å². The van der Waals surface area contributed by atoms with Crippen LogP contribution in [-0.2, 0) is 14.3 Å². The maximum Gasteiger partial charge on any atom is 0.308 e. The number of fused-ring (bicyclic) bond motifs is 1. The van der Waals surface area contributed by atoms with E-state index < -0.39 is 6.04 Å². The number of nitrogens with zero attached hydrogens (tertiary/aromatic N) is 1. The highest BCUT2D eigenvalue weighted by Gasteiger charge is 2.19. The molecule has 0 radical (unpaired) electrons. The second-order valence-corrected chi connectivity index (χ2v) is 6.68. The van der Waals surface area contributed by atoms with Gasteiger partial charge in [-0.3, -0.25) is 14.6 Å². The van der Waals surface area contributed by atoms with Crippen molar-refractivity contribution in [3.05, 3.63) is 71.4 Å². The third kappa shape index (κ3) is 5.45. The molecule has 1 atom stereocenters. The number of aromatic nitrogens is 1. The average molecular weight is 413 g/mol. The molecule has 0 saturated heterocycles. The zero-order valence-corrected chi connectivity index (χ0v) is 16.7. The lowest BCUT2D eigenvalue weighted by atomic mass is 10.0. The van der Waals surface area contributed by atoms with Crippen LogP contribution < -0.4 is 10.1 Å². The number of pyridine rings is 1. The quantitative estimate of drug-likeness (QED) is 0.564. The highest BCUT2D eigenvalue weighted by molar-refractivity contribution is 6.35. The molecule has 0 saturated carbocycles.